The number of hydrogen-bond acceptors (Lipinski definition) is 3. The summed E-state index contributed by atoms with van der Waals surface area (Å²) in [6.45, 7) is 1.84. The monoisotopic (exact) mass is 388 g/mol. The number of halogens is 2. The maximum absolute atomic E-state index is 12.3. The molecule has 0 bridgehead atoms. The van der Waals surface area contributed by atoms with Gasteiger partial charge in [0.1, 0.15) is 0 Å². The van der Waals surface area contributed by atoms with Crippen molar-refractivity contribution in [2.75, 3.05) is 4.72 Å². The van der Waals surface area contributed by atoms with Gasteiger partial charge in [-0.2, -0.15) is 0 Å². The van der Waals surface area contributed by atoms with Crippen LogP contribution in [0.4, 0.5) is 5.69 Å². The van der Waals surface area contributed by atoms with Crippen LogP contribution in [0.5, 0.6) is 0 Å². The summed E-state index contributed by atoms with van der Waals surface area (Å²) in [4.78, 5) is 0.179. The van der Waals surface area contributed by atoms with Gasteiger partial charge in [-0.3, -0.25) is 4.72 Å². The molecule has 0 spiro atoms. The molecule has 4 nitrogen and oxygen atoms in total. The Bertz CT molecular complexity index is 746. The minimum absolute atomic E-state index is 0.137. The molecule has 1 atom stereocenters. The lowest BCUT2D eigenvalue weighted by molar-refractivity contribution is 0.601. The quantitative estimate of drug-likeness (QED) is 0.832. The fourth-order valence-electron chi connectivity index (χ4n) is 1.72. The molecule has 0 aliphatic carbocycles. The van der Waals surface area contributed by atoms with E-state index in [1.54, 1.807) is 30.3 Å². The third-order valence-corrected chi connectivity index (χ3v) is 5.50. The molecule has 0 amide bonds. The Balaban J connectivity index is 2.27. The molecule has 0 heterocycles. The van der Waals surface area contributed by atoms with Gasteiger partial charge in [0.15, 0.2) is 0 Å². The van der Waals surface area contributed by atoms with Gasteiger partial charge in [0, 0.05) is 10.5 Å². The summed E-state index contributed by atoms with van der Waals surface area (Å²) in [5.41, 5.74) is 7.06. The molecular formula is C14H14BrClN2O2S. The van der Waals surface area contributed by atoms with Crippen LogP contribution in [0.25, 0.3) is 0 Å². The van der Waals surface area contributed by atoms with E-state index in [2.05, 4.69) is 20.7 Å². The fourth-order valence-corrected chi connectivity index (χ4v) is 3.27. The molecule has 2 aromatic carbocycles. The minimum atomic E-state index is -3.64. The summed E-state index contributed by atoms with van der Waals surface area (Å²) < 4.78 is 27.7. The van der Waals surface area contributed by atoms with Gasteiger partial charge < -0.3 is 5.73 Å². The van der Waals surface area contributed by atoms with E-state index < -0.39 is 10.0 Å². The van der Waals surface area contributed by atoms with E-state index in [9.17, 15) is 8.42 Å². The fraction of sp³-hybridized carbons (Fsp3) is 0.143. The van der Waals surface area contributed by atoms with Crippen molar-refractivity contribution in [2.45, 2.75) is 17.9 Å². The second-order valence-electron chi connectivity index (χ2n) is 4.59. The molecule has 0 saturated carbocycles. The van der Waals surface area contributed by atoms with Gasteiger partial charge in [-0.25, -0.2) is 8.42 Å². The van der Waals surface area contributed by atoms with Crippen LogP contribution in [-0.4, -0.2) is 8.42 Å². The first kappa shape index (κ1) is 16.3. The standard InChI is InChI=1S/C14H14BrClN2O2S/c1-9(17)10-2-5-12(6-3-10)21(19,20)18-11-4-7-14(16)13(15)8-11/h2-9,18H,17H2,1H3. The number of nitrogens with two attached hydrogens (primary N) is 1. The maximum Gasteiger partial charge on any atom is 0.261 e. The predicted octanol–water partition coefficient (Wildman–Crippen LogP) is 3.92. The smallest absolute Gasteiger partial charge is 0.261 e. The van der Waals surface area contributed by atoms with Gasteiger partial charge in [-0.1, -0.05) is 23.7 Å². The Labute approximate surface area is 137 Å². The third-order valence-electron chi connectivity index (χ3n) is 2.89. The van der Waals surface area contributed by atoms with E-state index in [4.69, 9.17) is 17.3 Å². The first-order valence-electron chi connectivity index (χ1n) is 6.13. The van der Waals surface area contributed by atoms with E-state index in [1.807, 2.05) is 6.92 Å². The zero-order chi connectivity index (χ0) is 15.6. The van der Waals surface area contributed by atoms with Gasteiger partial charge in [0.25, 0.3) is 10.0 Å². The van der Waals surface area contributed by atoms with Gasteiger partial charge in [-0.15, -0.1) is 0 Å². The second kappa shape index (κ2) is 6.36. The lowest BCUT2D eigenvalue weighted by atomic mass is 10.1. The van der Waals surface area contributed by atoms with E-state index in [-0.39, 0.29) is 10.9 Å². The molecule has 2 aromatic rings. The van der Waals surface area contributed by atoms with E-state index in [1.165, 1.54) is 12.1 Å². The third kappa shape index (κ3) is 3.97. The number of benzene rings is 2. The summed E-state index contributed by atoms with van der Waals surface area (Å²) in [6.07, 6.45) is 0. The largest absolute Gasteiger partial charge is 0.324 e. The van der Waals surface area contributed by atoms with Gasteiger partial charge in [-0.05, 0) is 58.7 Å². The van der Waals surface area contributed by atoms with Crippen molar-refractivity contribution in [1.82, 2.24) is 0 Å². The molecule has 0 aromatic heterocycles. The van der Waals surface area contributed by atoms with Crippen molar-refractivity contribution in [3.8, 4) is 0 Å². The molecule has 1 unspecified atom stereocenters. The van der Waals surface area contributed by atoms with Crippen LogP contribution in [0.1, 0.15) is 18.5 Å². The van der Waals surface area contributed by atoms with E-state index in [0.29, 0.717) is 15.2 Å². The summed E-state index contributed by atoms with van der Waals surface area (Å²) in [5.74, 6) is 0. The number of rotatable bonds is 4. The molecule has 3 N–H and O–H groups in total. The first-order valence-corrected chi connectivity index (χ1v) is 8.78. The van der Waals surface area contributed by atoms with Crippen molar-refractivity contribution < 1.29 is 8.42 Å². The van der Waals surface area contributed by atoms with Crippen molar-refractivity contribution >= 4 is 43.2 Å². The van der Waals surface area contributed by atoms with Crippen LogP contribution < -0.4 is 10.5 Å². The SMILES string of the molecule is CC(N)c1ccc(S(=O)(=O)Nc2ccc(Cl)c(Br)c2)cc1. The first-order chi connectivity index (χ1) is 9.79. The zero-order valence-corrected chi connectivity index (χ0v) is 14.3. The van der Waals surface area contributed by atoms with Crippen molar-refractivity contribution in [3.63, 3.8) is 0 Å². The van der Waals surface area contributed by atoms with Crippen LogP contribution in [0, 0.1) is 0 Å². The average molecular weight is 390 g/mol. The minimum Gasteiger partial charge on any atom is -0.324 e. The summed E-state index contributed by atoms with van der Waals surface area (Å²) in [6, 6.07) is 11.2. The Morgan fingerprint density at radius 3 is 2.33 bits per heavy atom. The van der Waals surface area contributed by atoms with Crippen LogP contribution in [0.3, 0.4) is 0 Å². The van der Waals surface area contributed by atoms with E-state index in [0.717, 1.165) is 5.56 Å². The highest BCUT2D eigenvalue weighted by atomic mass is 79.9. The van der Waals surface area contributed by atoms with Crippen LogP contribution in [0.2, 0.25) is 5.02 Å². The molecular weight excluding hydrogens is 376 g/mol. The highest BCUT2D eigenvalue weighted by Gasteiger charge is 2.15. The second-order valence-corrected chi connectivity index (χ2v) is 7.54. The van der Waals surface area contributed by atoms with Gasteiger partial charge in [0.2, 0.25) is 0 Å². The van der Waals surface area contributed by atoms with Crippen LogP contribution in [-0.2, 0) is 10.0 Å². The predicted molar refractivity (Wildman–Crippen MR) is 89.0 cm³/mol. The van der Waals surface area contributed by atoms with Gasteiger partial charge >= 0.3 is 0 Å². The number of anilines is 1. The maximum atomic E-state index is 12.3. The molecule has 0 saturated heterocycles. The molecule has 0 aliphatic heterocycles. The Kier molecular flexibility index (Phi) is 4.93. The van der Waals surface area contributed by atoms with Crippen LogP contribution in [0.15, 0.2) is 51.8 Å². The molecule has 112 valence electrons. The Hall–Kier alpha value is -1.08. The zero-order valence-electron chi connectivity index (χ0n) is 11.2. The molecule has 2 rings (SSSR count). The normalized spacial score (nSPS) is 13.0. The topological polar surface area (TPSA) is 72.2 Å². The molecule has 21 heavy (non-hydrogen) atoms. The molecule has 0 aliphatic rings. The molecule has 7 heteroatoms. The number of hydrogen-bond donors (Lipinski definition) is 2. The number of nitrogens with one attached hydrogen (secondary N) is 1. The van der Waals surface area contributed by atoms with Crippen molar-refractivity contribution in [1.29, 1.82) is 0 Å². The highest BCUT2D eigenvalue weighted by Crippen LogP contribution is 2.27. The number of sulfonamides is 1. The van der Waals surface area contributed by atoms with Crippen molar-refractivity contribution in [3.05, 3.63) is 57.5 Å². The van der Waals surface area contributed by atoms with Crippen molar-refractivity contribution in [2.24, 2.45) is 5.73 Å². The molecule has 0 radical (unpaired) electrons. The summed E-state index contributed by atoms with van der Waals surface area (Å²) in [7, 11) is -3.64. The van der Waals surface area contributed by atoms with Crippen LogP contribution >= 0.6 is 27.5 Å². The Morgan fingerprint density at radius 2 is 1.81 bits per heavy atom. The van der Waals surface area contributed by atoms with E-state index >= 15 is 0 Å². The highest BCUT2D eigenvalue weighted by molar-refractivity contribution is 9.10. The average Bonchev–Trinajstić information content (AvgIpc) is 2.43. The Morgan fingerprint density at radius 1 is 1.19 bits per heavy atom. The lowest BCUT2D eigenvalue weighted by Gasteiger charge is -2.10. The molecule has 0 fully saturated rings. The summed E-state index contributed by atoms with van der Waals surface area (Å²) in [5, 5.41) is 0.513. The summed E-state index contributed by atoms with van der Waals surface area (Å²) >= 11 is 9.13. The lowest BCUT2D eigenvalue weighted by Crippen LogP contribution is -2.13. The van der Waals surface area contributed by atoms with Gasteiger partial charge in [0.05, 0.1) is 15.6 Å².